The van der Waals surface area contributed by atoms with Crippen LogP contribution in [0, 0.1) is 0 Å². The van der Waals surface area contributed by atoms with Gasteiger partial charge in [-0.2, -0.15) is 0 Å². The normalized spacial score (nSPS) is 39.6. The Morgan fingerprint density at radius 2 is 2.00 bits per heavy atom. The Labute approximate surface area is 136 Å². The van der Waals surface area contributed by atoms with Crippen LogP contribution in [-0.2, 0) is 4.74 Å². The second-order valence-corrected chi connectivity index (χ2v) is 7.70. The van der Waals surface area contributed by atoms with Gasteiger partial charge in [0.25, 0.3) is 5.17 Å². The van der Waals surface area contributed by atoms with Gasteiger partial charge < -0.3 is 20.3 Å². The van der Waals surface area contributed by atoms with Crippen LogP contribution in [0.5, 0.6) is 0 Å². The summed E-state index contributed by atoms with van der Waals surface area (Å²) in [5, 5.41) is 26.0. The van der Waals surface area contributed by atoms with Gasteiger partial charge in [0.05, 0.1) is 12.6 Å². The molecule has 1 saturated heterocycles. The molecule has 0 unspecified atom stereocenters. The van der Waals surface area contributed by atoms with Crippen molar-refractivity contribution in [2.45, 2.75) is 74.9 Å². The first-order valence-corrected chi connectivity index (χ1v) is 9.49. The molecule has 22 heavy (non-hydrogen) atoms. The third-order valence-electron chi connectivity index (χ3n) is 4.91. The minimum Gasteiger partial charge on any atom is -0.388 e. The van der Waals surface area contributed by atoms with Crippen LogP contribution in [0.2, 0.25) is 0 Å². The zero-order valence-electron chi connectivity index (χ0n) is 13.2. The van der Waals surface area contributed by atoms with E-state index < -0.39 is 12.2 Å². The molecule has 2 aliphatic heterocycles. The Morgan fingerprint density at radius 3 is 2.73 bits per heavy atom. The first kappa shape index (κ1) is 16.7. The summed E-state index contributed by atoms with van der Waals surface area (Å²) in [4.78, 5) is 4.49. The van der Waals surface area contributed by atoms with Gasteiger partial charge in [-0.3, -0.25) is 5.32 Å². The third kappa shape index (κ3) is 3.66. The SMILES string of the molecule is CC[NH2+]C1=N[C@@H]2[C@@H](O)[C@H](O)[C@@H](C[NH2+]C3CCCCC3)O[C@@H]2S1. The molecule has 126 valence electrons. The molecule has 1 aliphatic carbocycles. The van der Waals surface area contributed by atoms with Crippen molar-refractivity contribution in [2.24, 2.45) is 4.99 Å². The fourth-order valence-electron chi connectivity index (χ4n) is 3.61. The first-order valence-electron chi connectivity index (χ1n) is 8.61. The number of quaternary nitrogens is 2. The maximum Gasteiger partial charge on any atom is 0.258 e. The van der Waals surface area contributed by atoms with Gasteiger partial charge in [0.1, 0.15) is 36.3 Å². The summed E-state index contributed by atoms with van der Waals surface area (Å²) in [6.07, 6.45) is 4.51. The molecule has 5 atom stereocenters. The van der Waals surface area contributed by atoms with E-state index in [1.165, 1.54) is 32.1 Å². The molecule has 3 aliphatic rings. The van der Waals surface area contributed by atoms with Gasteiger partial charge >= 0.3 is 0 Å². The van der Waals surface area contributed by atoms with E-state index >= 15 is 0 Å². The van der Waals surface area contributed by atoms with E-state index in [-0.39, 0.29) is 17.6 Å². The zero-order valence-corrected chi connectivity index (χ0v) is 14.0. The van der Waals surface area contributed by atoms with Gasteiger partial charge in [0.15, 0.2) is 0 Å². The number of aliphatic imine (C=N–C) groups is 1. The summed E-state index contributed by atoms with van der Waals surface area (Å²) in [7, 11) is 0. The van der Waals surface area contributed by atoms with Crippen LogP contribution < -0.4 is 10.6 Å². The number of hydrogen-bond acceptors (Lipinski definition) is 5. The summed E-state index contributed by atoms with van der Waals surface area (Å²) in [6.45, 7) is 3.71. The van der Waals surface area contributed by atoms with Crippen LogP contribution in [0.25, 0.3) is 0 Å². The van der Waals surface area contributed by atoms with E-state index in [1.807, 2.05) is 0 Å². The van der Waals surface area contributed by atoms with Crippen molar-refractivity contribution >= 4 is 16.9 Å². The number of nitrogens with zero attached hydrogens (tertiary/aromatic N) is 1. The van der Waals surface area contributed by atoms with Gasteiger partial charge in [0.2, 0.25) is 0 Å². The largest absolute Gasteiger partial charge is 0.388 e. The number of thioether (sulfide) groups is 1. The summed E-state index contributed by atoms with van der Waals surface area (Å²) in [5.74, 6) is 0. The van der Waals surface area contributed by atoms with Gasteiger partial charge in [-0.15, -0.1) is 0 Å². The monoisotopic (exact) mass is 331 g/mol. The molecule has 0 bridgehead atoms. The van der Waals surface area contributed by atoms with Crippen molar-refractivity contribution in [3.8, 4) is 0 Å². The van der Waals surface area contributed by atoms with E-state index in [9.17, 15) is 10.2 Å². The summed E-state index contributed by atoms with van der Waals surface area (Å²) < 4.78 is 6.05. The Morgan fingerprint density at radius 1 is 1.23 bits per heavy atom. The second kappa shape index (κ2) is 7.59. The van der Waals surface area contributed by atoms with E-state index in [0.717, 1.165) is 18.3 Å². The number of ether oxygens (including phenoxy) is 1. The average molecular weight is 331 g/mol. The Bertz CT molecular complexity index is 403. The lowest BCUT2D eigenvalue weighted by Gasteiger charge is -2.37. The van der Waals surface area contributed by atoms with Crippen molar-refractivity contribution in [3.05, 3.63) is 0 Å². The Kier molecular flexibility index (Phi) is 5.75. The maximum absolute atomic E-state index is 10.4. The van der Waals surface area contributed by atoms with Gasteiger partial charge in [-0.05, 0) is 44.4 Å². The van der Waals surface area contributed by atoms with E-state index in [1.54, 1.807) is 11.8 Å². The molecule has 6 nitrogen and oxygen atoms in total. The molecule has 1 saturated carbocycles. The van der Waals surface area contributed by atoms with Crippen LogP contribution in [0.4, 0.5) is 0 Å². The molecular weight excluding hydrogens is 302 g/mol. The maximum atomic E-state index is 10.4. The summed E-state index contributed by atoms with van der Waals surface area (Å²) in [6, 6.07) is 0.319. The number of fused-ring (bicyclic) bond motifs is 1. The van der Waals surface area contributed by atoms with E-state index in [4.69, 9.17) is 4.74 Å². The van der Waals surface area contributed by atoms with Crippen LogP contribution in [0.1, 0.15) is 39.0 Å². The predicted octanol–water partition coefficient (Wildman–Crippen LogP) is -1.62. The lowest BCUT2D eigenvalue weighted by atomic mass is 9.94. The minimum absolute atomic E-state index is 0.152. The molecule has 0 aromatic carbocycles. The third-order valence-corrected chi connectivity index (χ3v) is 6.05. The number of hydrogen-bond donors (Lipinski definition) is 4. The molecule has 0 aromatic rings. The second-order valence-electron chi connectivity index (χ2n) is 6.58. The van der Waals surface area contributed by atoms with Crippen molar-refractivity contribution in [1.82, 2.24) is 0 Å². The van der Waals surface area contributed by atoms with Crippen molar-refractivity contribution in [2.75, 3.05) is 13.1 Å². The molecule has 0 spiro atoms. The Balaban J connectivity index is 1.54. The minimum atomic E-state index is -0.841. The van der Waals surface area contributed by atoms with Gasteiger partial charge in [0, 0.05) is 0 Å². The summed E-state index contributed by atoms with van der Waals surface area (Å²) in [5.41, 5.74) is -0.152. The first-order chi connectivity index (χ1) is 10.7. The fraction of sp³-hybridized carbons (Fsp3) is 0.933. The van der Waals surface area contributed by atoms with Gasteiger partial charge in [-0.25, -0.2) is 4.99 Å². The standard InChI is InChI=1S/C15H27N3O3S/c1-2-16-15-18-11-13(20)12(19)10(21-14(11)22-15)8-17-9-6-4-3-5-7-9/h9-14,17,19-20H,2-8H2,1H3,(H,16,18)/p+2/t10-,11-,12-,13-,14-/m1/s1. The molecule has 0 amide bonds. The average Bonchev–Trinajstić information content (AvgIpc) is 2.94. The van der Waals surface area contributed by atoms with Crippen LogP contribution in [-0.4, -0.2) is 64.3 Å². The number of nitrogens with two attached hydrogens (primary N) is 2. The fourth-order valence-corrected chi connectivity index (χ4v) is 4.86. The topological polar surface area (TPSA) is 95.3 Å². The van der Waals surface area contributed by atoms with Crippen molar-refractivity contribution in [3.63, 3.8) is 0 Å². The molecule has 3 rings (SSSR count). The smallest absolute Gasteiger partial charge is 0.258 e. The highest BCUT2D eigenvalue weighted by Crippen LogP contribution is 2.34. The lowest BCUT2D eigenvalue weighted by molar-refractivity contribution is -0.699. The quantitative estimate of drug-likeness (QED) is 0.498. The molecule has 2 heterocycles. The van der Waals surface area contributed by atoms with Crippen molar-refractivity contribution in [1.29, 1.82) is 0 Å². The highest BCUT2D eigenvalue weighted by Gasteiger charge is 2.49. The lowest BCUT2D eigenvalue weighted by Crippen LogP contribution is -2.93. The molecule has 0 aromatic heterocycles. The summed E-state index contributed by atoms with van der Waals surface area (Å²) >= 11 is 1.58. The van der Waals surface area contributed by atoms with Crippen LogP contribution in [0.3, 0.4) is 0 Å². The molecule has 6 N–H and O–H groups in total. The van der Waals surface area contributed by atoms with Gasteiger partial charge in [-0.1, -0.05) is 6.42 Å². The van der Waals surface area contributed by atoms with Crippen LogP contribution in [0.15, 0.2) is 4.99 Å². The van der Waals surface area contributed by atoms with E-state index in [2.05, 4.69) is 22.5 Å². The number of aliphatic hydroxyl groups excluding tert-OH is 2. The molecular formula is C15H29N3O3S+2. The Hall–Kier alpha value is -0.180. The number of amidine groups is 1. The number of rotatable bonds is 4. The number of aliphatic hydroxyl groups is 2. The highest BCUT2D eigenvalue weighted by atomic mass is 32.2. The highest BCUT2D eigenvalue weighted by molar-refractivity contribution is 8.14. The molecule has 7 heteroatoms. The molecule has 0 radical (unpaired) electrons. The predicted molar refractivity (Wildman–Crippen MR) is 85.6 cm³/mol. The van der Waals surface area contributed by atoms with E-state index in [0.29, 0.717) is 6.04 Å². The van der Waals surface area contributed by atoms with Crippen LogP contribution >= 0.6 is 11.8 Å². The van der Waals surface area contributed by atoms with Crippen molar-refractivity contribution < 1.29 is 25.6 Å². The zero-order chi connectivity index (χ0) is 15.5. The molecule has 2 fully saturated rings.